The normalized spacial score (nSPS) is 13.1. The van der Waals surface area contributed by atoms with Gasteiger partial charge < -0.3 is 9.47 Å². The summed E-state index contributed by atoms with van der Waals surface area (Å²) in [7, 11) is 3.15. The van der Waals surface area contributed by atoms with Crippen molar-refractivity contribution >= 4 is 34.3 Å². The fraction of sp³-hybridized carbons (Fsp3) is 0.200. The van der Waals surface area contributed by atoms with Crippen molar-refractivity contribution in [3.05, 3.63) is 22.6 Å². The highest BCUT2D eigenvalue weighted by Gasteiger charge is 2.00. The number of ether oxygens (including phenoxy) is 2. The molecule has 1 aromatic carbocycles. The molecule has 0 aliphatic rings. The molecule has 1 aromatic rings. The minimum atomic E-state index is 0.660. The molecular formula is C10H10Cl2O2. The van der Waals surface area contributed by atoms with E-state index in [1.807, 2.05) is 0 Å². The van der Waals surface area contributed by atoms with Crippen LogP contribution in [0.4, 0.5) is 0 Å². The first-order chi connectivity index (χ1) is 6.76. The highest BCUT2D eigenvalue weighted by molar-refractivity contribution is 6.39. The van der Waals surface area contributed by atoms with Crippen molar-refractivity contribution in [1.29, 1.82) is 0 Å². The Kier molecular flexibility index (Phi) is 4.11. The predicted octanol–water partition coefficient (Wildman–Crippen LogP) is 1.66. The van der Waals surface area contributed by atoms with Crippen LogP contribution >= 0.6 is 23.2 Å². The maximum atomic E-state index is 5.63. The second-order valence-electron chi connectivity index (χ2n) is 2.55. The van der Waals surface area contributed by atoms with E-state index in [1.54, 1.807) is 26.4 Å². The standard InChI is InChI=1S/C10H10Cl2O2/c1-13-9-3-8(6-12)10(14-2)4-7(9)5-11/h3-6H,1-2H3. The molecular weight excluding hydrogens is 223 g/mol. The van der Waals surface area contributed by atoms with E-state index in [1.165, 1.54) is 11.1 Å². The Bertz CT molecular complexity index is 385. The third-order valence-corrected chi connectivity index (χ3v) is 2.29. The summed E-state index contributed by atoms with van der Waals surface area (Å²) in [6, 6.07) is 3.53. The van der Waals surface area contributed by atoms with Crippen molar-refractivity contribution in [3.63, 3.8) is 0 Å². The molecule has 14 heavy (non-hydrogen) atoms. The Balaban J connectivity index is 3.53. The minimum absolute atomic E-state index is 0.660. The summed E-state index contributed by atoms with van der Waals surface area (Å²) in [5, 5.41) is 1.52. The van der Waals surface area contributed by atoms with Crippen molar-refractivity contribution in [3.8, 4) is 11.5 Å². The maximum Gasteiger partial charge on any atom is 0.127 e. The van der Waals surface area contributed by atoms with Crippen molar-refractivity contribution in [2.75, 3.05) is 14.2 Å². The summed E-state index contributed by atoms with van der Waals surface area (Å²) in [6.07, 6.45) is 0. The molecule has 0 heterocycles. The van der Waals surface area contributed by atoms with Crippen molar-refractivity contribution < 1.29 is 9.47 Å². The summed E-state index contributed by atoms with van der Waals surface area (Å²) in [6.45, 7) is 0. The summed E-state index contributed by atoms with van der Waals surface area (Å²) in [4.78, 5) is 0. The number of methoxy groups -OCH3 is 2. The van der Waals surface area contributed by atoms with E-state index >= 15 is 0 Å². The molecule has 0 aromatic heterocycles. The summed E-state index contributed by atoms with van der Waals surface area (Å²) < 4.78 is 10.3. The van der Waals surface area contributed by atoms with Gasteiger partial charge in [0.05, 0.1) is 14.2 Å². The molecule has 0 aliphatic heterocycles. The molecule has 0 radical (unpaired) electrons. The molecule has 0 saturated heterocycles. The Morgan fingerprint density at radius 1 is 0.929 bits per heavy atom. The molecule has 0 spiro atoms. The van der Waals surface area contributed by atoms with E-state index in [2.05, 4.69) is 0 Å². The van der Waals surface area contributed by atoms with Crippen LogP contribution in [-0.4, -0.2) is 14.2 Å². The van der Waals surface area contributed by atoms with Gasteiger partial charge >= 0.3 is 0 Å². The molecule has 0 atom stereocenters. The van der Waals surface area contributed by atoms with Crippen molar-refractivity contribution in [2.24, 2.45) is 0 Å². The van der Waals surface area contributed by atoms with Gasteiger partial charge in [-0.1, -0.05) is 23.2 Å². The average Bonchev–Trinajstić information content (AvgIpc) is 2.26. The molecule has 0 amide bonds. The molecule has 2 nitrogen and oxygen atoms in total. The van der Waals surface area contributed by atoms with Gasteiger partial charge in [0.25, 0.3) is 0 Å². The topological polar surface area (TPSA) is 18.5 Å². The van der Waals surface area contributed by atoms with E-state index in [0.29, 0.717) is 11.5 Å². The highest BCUT2D eigenvalue weighted by Crippen LogP contribution is 2.06. The number of hydrogen-bond acceptors (Lipinski definition) is 2. The van der Waals surface area contributed by atoms with Gasteiger partial charge in [-0.2, -0.15) is 0 Å². The average molecular weight is 233 g/mol. The fourth-order valence-electron chi connectivity index (χ4n) is 1.12. The summed E-state index contributed by atoms with van der Waals surface area (Å²) in [5.74, 6) is 1.32. The molecule has 76 valence electrons. The van der Waals surface area contributed by atoms with Crippen LogP contribution in [0.15, 0.2) is 12.1 Å². The largest absolute Gasteiger partial charge is 0.496 e. The van der Waals surface area contributed by atoms with Gasteiger partial charge in [-0.15, -0.1) is 0 Å². The van der Waals surface area contributed by atoms with E-state index in [0.717, 1.165) is 10.4 Å². The number of rotatable bonds is 2. The number of benzene rings is 1. The maximum absolute atomic E-state index is 5.63. The quantitative estimate of drug-likeness (QED) is 0.773. The van der Waals surface area contributed by atoms with Crippen LogP contribution in [-0.2, 0) is 0 Å². The smallest absolute Gasteiger partial charge is 0.127 e. The first-order valence-electron chi connectivity index (χ1n) is 3.89. The number of halogens is 2. The van der Waals surface area contributed by atoms with Gasteiger partial charge in [-0.05, 0) is 12.1 Å². The third-order valence-electron chi connectivity index (χ3n) is 1.82. The van der Waals surface area contributed by atoms with Crippen LogP contribution < -0.4 is 19.9 Å². The summed E-state index contributed by atoms with van der Waals surface area (Å²) >= 11 is 11.3. The molecule has 0 N–H and O–H groups in total. The van der Waals surface area contributed by atoms with E-state index < -0.39 is 0 Å². The van der Waals surface area contributed by atoms with Gasteiger partial charge in [-0.25, -0.2) is 0 Å². The van der Waals surface area contributed by atoms with Gasteiger partial charge in [-0.3, -0.25) is 0 Å². The van der Waals surface area contributed by atoms with Gasteiger partial charge in [0.1, 0.15) is 11.5 Å². The molecule has 0 fully saturated rings. The van der Waals surface area contributed by atoms with E-state index in [-0.39, 0.29) is 0 Å². The monoisotopic (exact) mass is 232 g/mol. The van der Waals surface area contributed by atoms with Crippen molar-refractivity contribution in [2.45, 2.75) is 0 Å². The van der Waals surface area contributed by atoms with Crippen LogP contribution in [0.1, 0.15) is 0 Å². The number of hydrogen-bond donors (Lipinski definition) is 0. The molecule has 4 heteroatoms. The molecule has 0 unspecified atom stereocenters. The Labute approximate surface area is 92.3 Å². The lowest BCUT2D eigenvalue weighted by Gasteiger charge is -2.04. The van der Waals surface area contributed by atoms with Crippen LogP contribution in [0, 0.1) is 0 Å². The lowest BCUT2D eigenvalue weighted by Crippen LogP contribution is -2.14. The predicted molar refractivity (Wildman–Crippen MR) is 59.4 cm³/mol. The van der Waals surface area contributed by atoms with Crippen LogP contribution in [0.3, 0.4) is 0 Å². The third kappa shape index (κ3) is 2.14. The lowest BCUT2D eigenvalue weighted by atomic mass is 10.2. The lowest BCUT2D eigenvalue weighted by molar-refractivity contribution is 0.397. The van der Waals surface area contributed by atoms with Crippen LogP contribution in [0.5, 0.6) is 11.5 Å². The first-order valence-corrected chi connectivity index (χ1v) is 4.77. The Morgan fingerprint density at radius 2 is 1.29 bits per heavy atom. The van der Waals surface area contributed by atoms with E-state index in [9.17, 15) is 0 Å². The Morgan fingerprint density at radius 3 is 1.50 bits per heavy atom. The Hall–Kier alpha value is -0.860. The molecule has 0 bridgehead atoms. The van der Waals surface area contributed by atoms with Crippen molar-refractivity contribution in [1.82, 2.24) is 0 Å². The van der Waals surface area contributed by atoms with Gasteiger partial charge in [0, 0.05) is 21.5 Å². The zero-order chi connectivity index (χ0) is 10.6. The van der Waals surface area contributed by atoms with Gasteiger partial charge in [0.2, 0.25) is 0 Å². The zero-order valence-electron chi connectivity index (χ0n) is 7.88. The zero-order valence-corrected chi connectivity index (χ0v) is 9.39. The van der Waals surface area contributed by atoms with Crippen LogP contribution in [0.25, 0.3) is 11.1 Å². The SMILES string of the molecule is COc1cc(=CCl)c(OC)cc1=CCl. The summed E-state index contributed by atoms with van der Waals surface area (Å²) in [5.41, 5.74) is 2.86. The molecule has 0 aliphatic carbocycles. The minimum Gasteiger partial charge on any atom is -0.496 e. The van der Waals surface area contributed by atoms with Gasteiger partial charge in [0.15, 0.2) is 0 Å². The molecule has 0 saturated carbocycles. The second-order valence-corrected chi connectivity index (χ2v) is 2.99. The molecule has 1 rings (SSSR count). The van der Waals surface area contributed by atoms with E-state index in [4.69, 9.17) is 32.7 Å². The van der Waals surface area contributed by atoms with Crippen LogP contribution in [0.2, 0.25) is 0 Å². The first kappa shape index (κ1) is 11.2. The highest BCUT2D eigenvalue weighted by atomic mass is 35.5. The fourth-order valence-corrected chi connectivity index (χ4v) is 1.46. The second kappa shape index (κ2) is 5.13.